The molecular formula is C21H30ClN3O2S. The molecule has 0 aliphatic heterocycles. The number of rotatable bonds is 7. The zero-order valence-electron chi connectivity index (χ0n) is 16.7. The summed E-state index contributed by atoms with van der Waals surface area (Å²) in [5, 5.41) is 7.94. The number of alkyl halides is 1. The van der Waals surface area contributed by atoms with Gasteiger partial charge in [0.1, 0.15) is 0 Å². The van der Waals surface area contributed by atoms with Gasteiger partial charge in [-0.3, -0.25) is 9.59 Å². The maximum atomic E-state index is 13.0. The molecule has 0 saturated heterocycles. The van der Waals surface area contributed by atoms with Crippen LogP contribution >= 0.6 is 22.9 Å². The van der Waals surface area contributed by atoms with Gasteiger partial charge >= 0.3 is 0 Å². The summed E-state index contributed by atoms with van der Waals surface area (Å²) in [6.45, 7) is 0.568. The lowest BCUT2D eigenvalue weighted by molar-refractivity contribution is -0.145. The second-order valence-electron chi connectivity index (χ2n) is 9.37. The number of amides is 2. The first-order chi connectivity index (χ1) is 13.3. The highest BCUT2D eigenvalue weighted by Crippen LogP contribution is 2.63. The highest BCUT2D eigenvalue weighted by molar-refractivity contribution is 7.10. The van der Waals surface area contributed by atoms with E-state index in [1.807, 2.05) is 25.5 Å². The number of thiophene rings is 1. The third kappa shape index (κ3) is 3.96. The number of nitrogens with zero attached hydrogens (tertiary/aromatic N) is 1. The van der Waals surface area contributed by atoms with Crippen molar-refractivity contribution in [1.82, 2.24) is 15.5 Å². The number of hydrogen-bond donors (Lipinski definition) is 2. The summed E-state index contributed by atoms with van der Waals surface area (Å²) in [7, 11) is 4.01. The number of nitrogens with one attached hydrogen (secondary N) is 2. The lowest BCUT2D eigenvalue weighted by Crippen LogP contribution is -2.59. The highest BCUT2D eigenvalue weighted by Gasteiger charge is 2.60. The Labute approximate surface area is 176 Å². The van der Waals surface area contributed by atoms with Gasteiger partial charge in [0.25, 0.3) is 0 Å². The maximum absolute atomic E-state index is 13.0. The van der Waals surface area contributed by atoms with Crippen LogP contribution in [0.2, 0.25) is 0 Å². The molecule has 2 amide bonds. The molecular weight excluding hydrogens is 394 g/mol. The minimum Gasteiger partial charge on any atom is -0.353 e. The summed E-state index contributed by atoms with van der Waals surface area (Å²) < 4.78 is 0. The molecule has 1 aromatic heterocycles. The van der Waals surface area contributed by atoms with E-state index >= 15 is 0 Å². The average Bonchev–Trinajstić information content (AvgIpc) is 3.11. The van der Waals surface area contributed by atoms with Crippen molar-refractivity contribution in [2.45, 2.75) is 49.4 Å². The number of carbonyl (C=O) groups is 2. The SMILES string of the molecule is CN(C)[C@H](CNC(=O)CNC(=O)C12C[C@@H]3C[C@@H](CC(Cl)(C3)C1)C2)c1cccs1. The van der Waals surface area contributed by atoms with Crippen molar-refractivity contribution in [3.8, 4) is 0 Å². The third-order valence-electron chi connectivity index (χ3n) is 6.87. The summed E-state index contributed by atoms with van der Waals surface area (Å²) in [6.07, 6.45) is 5.96. The first-order valence-electron chi connectivity index (χ1n) is 10.2. The predicted octanol–water partition coefficient (Wildman–Crippen LogP) is 3.16. The summed E-state index contributed by atoms with van der Waals surface area (Å²) in [5.74, 6) is 1.04. The molecule has 4 fully saturated rings. The number of likely N-dealkylation sites (N-methyl/N-ethyl adjacent to an activating group) is 1. The first kappa shape index (κ1) is 20.2. The molecule has 4 aliphatic rings. The van der Waals surface area contributed by atoms with E-state index in [2.05, 4.69) is 21.6 Å². The molecule has 1 heterocycles. The van der Waals surface area contributed by atoms with Gasteiger partial charge in [-0.2, -0.15) is 0 Å². The molecule has 28 heavy (non-hydrogen) atoms. The normalized spacial score (nSPS) is 34.4. The minimum absolute atomic E-state index is 0.0317. The van der Waals surface area contributed by atoms with Crippen LogP contribution in [0.3, 0.4) is 0 Å². The Morgan fingerprint density at radius 2 is 1.96 bits per heavy atom. The van der Waals surface area contributed by atoms with Gasteiger partial charge in [0.05, 0.1) is 18.0 Å². The van der Waals surface area contributed by atoms with Crippen LogP contribution < -0.4 is 10.6 Å². The second kappa shape index (κ2) is 7.62. The van der Waals surface area contributed by atoms with Crippen LogP contribution in [-0.4, -0.2) is 48.8 Å². The van der Waals surface area contributed by atoms with Crippen molar-refractivity contribution in [3.63, 3.8) is 0 Å². The van der Waals surface area contributed by atoms with Crippen LogP contribution in [0, 0.1) is 17.3 Å². The van der Waals surface area contributed by atoms with E-state index in [9.17, 15) is 9.59 Å². The summed E-state index contributed by atoms with van der Waals surface area (Å²) >= 11 is 8.51. The molecule has 1 aromatic rings. The van der Waals surface area contributed by atoms with Crippen LogP contribution in [0.25, 0.3) is 0 Å². The molecule has 0 radical (unpaired) electrons. The maximum Gasteiger partial charge on any atom is 0.239 e. The fraction of sp³-hybridized carbons (Fsp3) is 0.714. The Kier molecular flexibility index (Phi) is 5.49. The van der Waals surface area contributed by atoms with Crippen LogP contribution in [-0.2, 0) is 9.59 Å². The smallest absolute Gasteiger partial charge is 0.239 e. The Morgan fingerprint density at radius 3 is 2.54 bits per heavy atom. The highest BCUT2D eigenvalue weighted by atomic mass is 35.5. The molecule has 2 unspecified atom stereocenters. The third-order valence-corrected chi connectivity index (χ3v) is 8.28. The minimum atomic E-state index is -0.352. The molecule has 5 nitrogen and oxygen atoms in total. The lowest BCUT2D eigenvalue weighted by atomic mass is 9.49. The van der Waals surface area contributed by atoms with E-state index in [0.29, 0.717) is 18.4 Å². The van der Waals surface area contributed by atoms with Gasteiger partial charge in [-0.15, -0.1) is 22.9 Å². The van der Waals surface area contributed by atoms with Crippen molar-refractivity contribution >= 4 is 34.8 Å². The summed E-state index contributed by atoms with van der Waals surface area (Å²) in [5.41, 5.74) is -0.352. The predicted molar refractivity (Wildman–Crippen MR) is 112 cm³/mol. The topological polar surface area (TPSA) is 61.4 Å². The standard InChI is InChI=1S/C21H30ClN3O2S/c1-25(2)16(17-4-3-5-28-17)11-23-18(26)12-24-19(27)20-7-14-6-15(8-20)10-21(22,9-14)13-20/h3-5,14-16H,6-13H2,1-2H3,(H,23,26)(H,24,27)/t14-,15+,16-,20?,21?/m1/s1. The lowest BCUT2D eigenvalue weighted by Gasteiger charge is -2.59. The molecule has 2 N–H and O–H groups in total. The molecule has 154 valence electrons. The van der Waals surface area contributed by atoms with Gasteiger partial charge in [0.2, 0.25) is 11.8 Å². The molecule has 4 saturated carbocycles. The molecule has 4 bridgehead atoms. The Morgan fingerprint density at radius 1 is 1.25 bits per heavy atom. The molecule has 0 spiro atoms. The van der Waals surface area contributed by atoms with E-state index < -0.39 is 0 Å². The van der Waals surface area contributed by atoms with Crippen LogP contribution in [0.5, 0.6) is 0 Å². The Bertz CT molecular complexity index is 722. The molecule has 5 rings (SSSR count). The van der Waals surface area contributed by atoms with Crippen LogP contribution in [0.1, 0.15) is 49.4 Å². The van der Waals surface area contributed by atoms with Gasteiger partial charge in [-0.1, -0.05) is 6.07 Å². The van der Waals surface area contributed by atoms with E-state index in [-0.39, 0.29) is 34.7 Å². The Balaban J connectivity index is 1.30. The fourth-order valence-corrected chi connectivity index (χ4v) is 7.67. The van der Waals surface area contributed by atoms with Crippen LogP contribution in [0.4, 0.5) is 0 Å². The van der Waals surface area contributed by atoms with Gasteiger partial charge in [-0.25, -0.2) is 0 Å². The van der Waals surface area contributed by atoms with Gasteiger partial charge in [-0.05, 0) is 75.9 Å². The van der Waals surface area contributed by atoms with Gasteiger partial charge in [0, 0.05) is 16.3 Å². The largest absolute Gasteiger partial charge is 0.353 e. The number of carbonyl (C=O) groups excluding carboxylic acids is 2. The van der Waals surface area contributed by atoms with Crippen LogP contribution in [0.15, 0.2) is 17.5 Å². The number of halogens is 1. The van der Waals surface area contributed by atoms with E-state index in [0.717, 1.165) is 32.1 Å². The van der Waals surface area contributed by atoms with Crippen molar-refractivity contribution in [3.05, 3.63) is 22.4 Å². The van der Waals surface area contributed by atoms with E-state index in [1.54, 1.807) is 11.3 Å². The molecule has 7 heteroatoms. The molecule has 5 atom stereocenters. The monoisotopic (exact) mass is 423 g/mol. The summed E-state index contributed by atoms with van der Waals surface area (Å²) in [6, 6.07) is 4.24. The average molecular weight is 424 g/mol. The quantitative estimate of drug-likeness (QED) is 0.662. The zero-order chi connectivity index (χ0) is 19.9. The molecule has 0 aromatic carbocycles. The van der Waals surface area contributed by atoms with Gasteiger partial charge < -0.3 is 15.5 Å². The van der Waals surface area contributed by atoms with Crippen molar-refractivity contribution in [2.75, 3.05) is 27.2 Å². The van der Waals surface area contributed by atoms with E-state index in [4.69, 9.17) is 11.6 Å². The second-order valence-corrected chi connectivity index (χ2v) is 11.2. The number of hydrogen-bond acceptors (Lipinski definition) is 4. The first-order valence-corrected chi connectivity index (χ1v) is 11.5. The van der Waals surface area contributed by atoms with E-state index in [1.165, 1.54) is 11.3 Å². The van der Waals surface area contributed by atoms with Crippen molar-refractivity contribution in [1.29, 1.82) is 0 Å². The fourth-order valence-electron chi connectivity index (χ4n) is 6.06. The zero-order valence-corrected chi connectivity index (χ0v) is 18.2. The van der Waals surface area contributed by atoms with Crippen molar-refractivity contribution < 1.29 is 9.59 Å². The summed E-state index contributed by atoms with van der Waals surface area (Å²) in [4.78, 5) is 28.5. The van der Waals surface area contributed by atoms with Crippen molar-refractivity contribution in [2.24, 2.45) is 17.3 Å². The Hall–Kier alpha value is -1.11. The molecule has 4 aliphatic carbocycles. The van der Waals surface area contributed by atoms with Gasteiger partial charge in [0.15, 0.2) is 0 Å².